The maximum absolute atomic E-state index is 12.6. The highest BCUT2D eigenvalue weighted by Crippen LogP contribution is 2.22. The molecule has 3 rings (SSSR count). The number of hydrogen-bond donors (Lipinski definition) is 2. The first kappa shape index (κ1) is 23.9. The predicted molar refractivity (Wildman–Crippen MR) is 122 cm³/mol. The van der Waals surface area contributed by atoms with Crippen LogP contribution >= 0.6 is 0 Å². The van der Waals surface area contributed by atoms with Crippen molar-refractivity contribution in [1.29, 1.82) is 0 Å². The Morgan fingerprint density at radius 1 is 1.16 bits per heavy atom. The van der Waals surface area contributed by atoms with Gasteiger partial charge in [-0.2, -0.15) is 0 Å². The van der Waals surface area contributed by atoms with Gasteiger partial charge < -0.3 is 15.0 Å². The van der Waals surface area contributed by atoms with Crippen LogP contribution in [0.1, 0.15) is 18.9 Å². The Labute approximate surface area is 189 Å². The van der Waals surface area contributed by atoms with Crippen molar-refractivity contribution in [2.45, 2.75) is 30.7 Å². The third-order valence-electron chi connectivity index (χ3n) is 5.45. The van der Waals surface area contributed by atoms with Crippen LogP contribution in [0.2, 0.25) is 0 Å². The van der Waals surface area contributed by atoms with Gasteiger partial charge in [-0.1, -0.05) is 30.3 Å². The minimum absolute atomic E-state index is 0.0716. The summed E-state index contributed by atoms with van der Waals surface area (Å²) in [7, 11) is -2.07. The van der Waals surface area contributed by atoms with Crippen LogP contribution in [0, 0.1) is 5.92 Å². The van der Waals surface area contributed by atoms with Gasteiger partial charge in [-0.25, -0.2) is 13.1 Å². The first-order valence-corrected chi connectivity index (χ1v) is 12.0. The molecule has 32 heavy (non-hydrogen) atoms. The molecule has 0 saturated carbocycles. The molecule has 0 aliphatic carbocycles. The molecular weight excluding hydrogens is 430 g/mol. The van der Waals surface area contributed by atoms with Crippen molar-refractivity contribution in [3.8, 4) is 0 Å². The van der Waals surface area contributed by atoms with E-state index >= 15 is 0 Å². The zero-order valence-corrected chi connectivity index (χ0v) is 19.1. The van der Waals surface area contributed by atoms with Crippen LogP contribution in [0.3, 0.4) is 0 Å². The molecule has 0 radical (unpaired) electrons. The molecule has 0 bridgehead atoms. The van der Waals surface area contributed by atoms with Gasteiger partial charge in [0.05, 0.1) is 23.5 Å². The highest BCUT2D eigenvalue weighted by Gasteiger charge is 2.36. The summed E-state index contributed by atoms with van der Waals surface area (Å²) >= 11 is 0. The van der Waals surface area contributed by atoms with Crippen molar-refractivity contribution in [2.24, 2.45) is 5.92 Å². The molecule has 172 valence electrons. The number of methoxy groups -OCH3 is 1. The maximum atomic E-state index is 12.6. The van der Waals surface area contributed by atoms with E-state index in [1.54, 1.807) is 24.1 Å². The minimum atomic E-state index is -3.65. The Bertz CT molecular complexity index is 1030. The molecule has 1 saturated heterocycles. The van der Waals surface area contributed by atoms with Crippen LogP contribution in [0.4, 0.5) is 5.69 Å². The normalized spacial score (nSPS) is 17.4. The quantitative estimate of drug-likeness (QED) is 0.566. The number of nitrogens with zero attached hydrogens (tertiary/aromatic N) is 1. The number of likely N-dealkylation sites (tertiary alicyclic amines) is 1. The number of anilines is 1. The van der Waals surface area contributed by atoms with Crippen molar-refractivity contribution in [3.63, 3.8) is 0 Å². The molecule has 0 unspecified atom stereocenters. The predicted octanol–water partition coefficient (Wildman–Crippen LogP) is 2.03. The summed E-state index contributed by atoms with van der Waals surface area (Å²) in [5.41, 5.74) is 1.53. The summed E-state index contributed by atoms with van der Waals surface area (Å²) in [6, 6.07) is 15.5. The lowest BCUT2D eigenvalue weighted by molar-refractivity contribution is -0.130. The van der Waals surface area contributed by atoms with E-state index in [9.17, 15) is 18.0 Å². The van der Waals surface area contributed by atoms with Crippen molar-refractivity contribution < 1.29 is 22.7 Å². The Kier molecular flexibility index (Phi) is 8.00. The van der Waals surface area contributed by atoms with Gasteiger partial charge in [0.15, 0.2) is 0 Å². The Balaban J connectivity index is 1.53. The Morgan fingerprint density at radius 2 is 1.84 bits per heavy atom. The molecule has 2 N–H and O–H groups in total. The van der Waals surface area contributed by atoms with Crippen LogP contribution in [-0.2, 0) is 30.8 Å². The van der Waals surface area contributed by atoms with Crippen LogP contribution in [0.5, 0.6) is 0 Å². The first-order valence-electron chi connectivity index (χ1n) is 10.5. The Morgan fingerprint density at radius 3 is 2.50 bits per heavy atom. The average Bonchev–Trinajstić information content (AvgIpc) is 3.17. The number of rotatable bonds is 10. The smallest absolute Gasteiger partial charge is 0.240 e. The molecule has 1 aliphatic heterocycles. The van der Waals surface area contributed by atoms with Crippen molar-refractivity contribution >= 4 is 27.5 Å². The lowest BCUT2D eigenvalue weighted by Crippen LogP contribution is -2.38. The zero-order valence-electron chi connectivity index (χ0n) is 18.3. The molecular formula is C23H29N3O5S. The van der Waals surface area contributed by atoms with Crippen molar-refractivity contribution in [1.82, 2.24) is 9.62 Å². The first-order chi connectivity index (χ1) is 15.3. The second kappa shape index (κ2) is 10.7. The lowest BCUT2D eigenvalue weighted by Gasteiger charge is -2.23. The molecule has 1 heterocycles. The van der Waals surface area contributed by atoms with Crippen LogP contribution < -0.4 is 10.0 Å². The summed E-state index contributed by atoms with van der Waals surface area (Å²) < 4.78 is 32.7. The number of hydrogen-bond acceptors (Lipinski definition) is 5. The molecule has 0 aromatic heterocycles. The summed E-state index contributed by atoms with van der Waals surface area (Å²) in [5, 5.41) is 2.77. The molecule has 8 nitrogen and oxygen atoms in total. The van der Waals surface area contributed by atoms with Gasteiger partial charge in [0.1, 0.15) is 0 Å². The molecule has 1 fully saturated rings. The van der Waals surface area contributed by atoms with Gasteiger partial charge in [-0.15, -0.1) is 0 Å². The number of sulfonamides is 1. The van der Waals surface area contributed by atoms with Gasteiger partial charge in [-0.05, 0) is 43.2 Å². The third-order valence-corrected chi connectivity index (χ3v) is 6.93. The zero-order chi connectivity index (χ0) is 23.1. The van der Waals surface area contributed by atoms with Crippen molar-refractivity contribution in [3.05, 3.63) is 60.2 Å². The number of benzene rings is 2. The van der Waals surface area contributed by atoms with E-state index in [0.717, 1.165) is 5.56 Å². The molecule has 2 aromatic carbocycles. The highest BCUT2D eigenvalue weighted by atomic mass is 32.2. The summed E-state index contributed by atoms with van der Waals surface area (Å²) in [6.07, 6.45) is 0.742. The summed E-state index contributed by atoms with van der Waals surface area (Å²) in [5.74, 6) is -0.787. The highest BCUT2D eigenvalue weighted by molar-refractivity contribution is 7.89. The van der Waals surface area contributed by atoms with Gasteiger partial charge in [-0.3, -0.25) is 9.59 Å². The monoisotopic (exact) mass is 459 g/mol. The number of ether oxygens (including phenoxy) is 1. The van der Waals surface area contributed by atoms with E-state index in [-0.39, 0.29) is 29.2 Å². The number of amides is 2. The van der Waals surface area contributed by atoms with E-state index in [1.165, 1.54) is 12.1 Å². The van der Waals surface area contributed by atoms with E-state index in [1.807, 2.05) is 37.3 Å². The fourth-order valence-electron chi connectivity index (χ4n) is 3.68. The Hall–Kier alpha value is -2.75. The van der Waals surface area contributed by atoms with E-state index in [4.69, 9.17) is 4.74 Å². The fourth-order valence-corrected chi connectivity index (χ4v) is 4.72. The minimum Gasteiger partial charge on any atom is -0.383 e. The second-order valence-electron chi connectivity index (χ2n) is 7.90. The van der Waals surface area contributed by atoms with Gasteiger partial charge in [0.2, 0.25) is 21.8 Å². The van der Waals surface area contributed by atoms with E-state index in [2.05, 4.69) is 10.0 Å². The standard InChI is InChI=1S/C23H29N3O5S/c1-17(16-31-2)26-15-19(14-22(26)27)23(28)25-20-8-10-21(11-9-20)32(29,30)24-13-12-18-6-4-3-5-7-18/h3-11,17,19,24H,12-16H2,1-2H3,(H,25,28)/t17-,19+/m0/s1. The average molecular weight is 460 g/mol. The van der Waals surface area contributed by atoms with E-state index < -0.39 is 15.9 Å². The number of carbonyl (C=O) groups excluding carboxylic acids is 2. The van der Waals surface area contributed by atoms with Crippen LogP contribution in [-0.4, -0.2) is 58.0 Å². The molecule has 2 aromatic rings. The molecule has 2 atom stereocenters. The molecule has 1 aliphatic rings. The van der Waals surface area contributed by atoms with Crippen LogP contribution in [0.25, 0.3) is 0 Å². The second-order valence-corrected chi connectivity index (χ2v) is 9.67. The van der Waals surface area contributed by atoms with Gasteiger partial charge >= 0.3 is 0 Å². The van der Waals surface area contributed by atoms with Gasteiger partial charge in [0.25, 0.3) is 0 Å². The van der Waals surface area contributed by atoms with Crippen LogP contribution in [0.15, 0.2) is 59.5 Å². The summed E-state index contributed by atoms with van der Waals surface area (Å²) in [4.78, 5) is 26.6. The molecule has 2 amide bonds. The SMILES string of the molecule is COC[C@H](C)N1C[C@H](C(=O)Nc2ccc(S(=O)(=O)NCCc3ccccc3)cc2)CC1=O. The summed E-state index contributed by atoms with van der Waals surface area (Å²) in [6.45, 7) is 2.93. The van der Waals surface area contributed by atoms with Crippen molar-refractivity contribution in [2.75, 3.05) is 32.1 Å². The lowest BCUT2D eigenvalue weighted by atomic mass is 10.1. The van der Waals surface area contributed by atoms with E-state index in [0.29, 0.717) is 31.8 Å². The number of nitrogens with one attached hydrogen (secondary N) is 2. The van der Waals surface area contributed by atoms with Gasteiger partial charge in [0, 0.05) is 32.3 Å². The fraction of sp³-hybridized carbons (Fsp3) is 0.391. The third kappa shape index (κ3) is 6.15. The largest absolute Gasteiger partial charge is 0.383 e. The maximum Gasteiger partial charge on any atom is 0.240 e. The molecule has 9 heteroatoms. The molecule has 0 spiro atoms. The topological polar surface area (TPSA) is 105 Å². The number of carbonyl (C=O) groups is 2.